The fourth-order valence-corrected chi connectivity index (χ4v) is 3.36. The van der Waals surface area contributed by atoms with Crippen molar-refractivity contribution in [2.24, 2.45) is 4.99 Å². The van der Waals surface area contributed by atoms with Crippen LogP contribution in [-0.2, 0) is 6.42 Å². The highest BCUT2D eigenvalue weighted by molar-refractivity contribution is 5.85. The highest BCUT2D eigenvalue weighted by Gasteiger charge is 2.17. The first-order valence-corrected chi connectivity index (χ1v) is 9.91. The van der Waals surface area contributed by atoms with Crippen LogP contribution in [0.15, 0.2) is 76.8 Å². The van der Waals surface area contributed by atoms with Gasteiger partial charge in [0.2, 0.25) is 5.56 Å². The van der Waals surface area contributed by atoms with Crippen LogP contribution in [0, 0.1) is 5.41 Å². The third-order valence-corrected chi connectivity index (χ3v) is 4.81. The van der Waals surface area contributed by atoms with Crippen LogP contribution in [0.5, 0.6) is 0 Å². The van der Waals surface area contributed by atoms with Crippen LogP contribution in [0.2, 0.25) is 0 Å². The van der Waals surface area contributed by atoms with Gasteiger partial charge in [-0.15, -0.1) is 0 Å². The Morgan fingerprint density at radius 3 is 2.58 bits per heavy atom. The Hall–Kier alpha value is -4.47. The molecule has 0 unspecified atom stereocenters. The summed E-state index contributed by atoms with van der Waals surface area (Å²) in [5.41, 5.74) is 8.03. The molecule has 0 aliphatic rings. The molecular weight excluding hydrogens is 428 g/mol. The summed E-state index contributed by atoms with van der Waals surface area (Å²) in [7, 11) is 0. The van der Waals surface area contributed by atoms with Gasteiger partial charge in [-0.1, -0.05) is 30.3 Å². The zero-order valence-corrected chi connectivity index (χ0v) is 17.2. The van der Waals surface area contributed by atoms with Gasteiger partial charge in [0.15, 0.2) is 5.95 Å². The van der Waals surface area contributed by atoms with Gasteiger partial charge in [-0.2, -0.15) is 0 Å². The van der Waals surface area contributed by atoms with Crippen molar-refractivity contribution in [3.8, 4) is 22.4 Å². The number of nitrogen functional groups attached to an aromatic ring is 1. The number of hydrogen-bond donors (Lipinski definition) is 4. The molecule has 4 rings (SSSR count). The maximum atomic E-state index is 13.3. The van der Waals surface area contributed by atoms with Crippen LogP contribution in [0.25, 0.3) is 22.4 Å². The molecule has 33 heavy (non-hydrogen) atoms. The molecule has 0 saturated heterocycles. The Kier molecular flexibility index (Phi) is 6.16. The molecule has 0 fully saturated rings. The molecule has 0 radical (unpaired) electrons. The summed E-state index contributed by atoms with van der Waals surface area (Å²) in [6.07, 6.45) is -0.0235. The van der Waals surface area contributed by atoms with Gasteiger partial charge in [-0.25, -0.2) is 18.8 Å². The summed E-state index contributed by atoms with van der Waals surface area (Å²) in [6, 6.07) is 14.9. The number of H-pyrrole nitrogens is 2. The lowest BCUT2D eigenvalue weighted by molar-refractivity contribution is 0.150. The van der Waals surface area contributed by atoms with Gasteiger partial charge in [0.05, 0.1) is 17.0 Å². The summed E-state index contributed by atoms with van der Waals surface area (Å²) < 4.78 is 26.6. The number of amidine groups is 1. The van der Waals surface area contributed by atoms with Gasteiger partial charge >= 0.3 is 0 Å². The molecule has 10 heteroatoms. The fraction of sp³-hybridized carbons (Fsp3) is 0.0870. The summed E-state index contributed by atoms with van der Waals surface area (Å²) in [4.78, 5) is 29.8. The third-order valence-electron chi connectivity index (χ3n) is 4.81. The van der Waals surface area contributed by atoms with E-state index in [9.17, 15) is 13.6 Å². The summed E-state index contributed by atoms with van der Waals surface area (Å²) >= 11 is 0. The number of rotatable bonds is 5. The van der Waals surface area contributed by atoms with Crippen LogP contribution in [0.3, 0.4) is 0 Å². The number of pyridine rings is 2. The molecule has 8 nitrogen and oxygen atoms in total. The van der Waals surface area contributed by atoms with Gasteiger partial charge in [-0.05, 0) is 18.2 Å². The molecule has 4 aromatic rings. The van der Waals surface area contributed by atoms with Crippen LogP contribution in [0.4, 0.5) is 14.7 Å². The van der Waals surface area contributed by atoms with Crippen molar-refractivity contribution in [2.75, 3.05) is 5.73 Å². The van der Waals surface area contributed by atoms with Gasteiger partial charge < -0.3 is 15.7 Å². The summed E-state index contributed by atoms with van der Waals surface area (Å²) in [6.45, 7) is 0. The van der Waals surface area contributed by atoms with Crippen molar-refractivity contribution in [3.05, 3.63) is 94.1 Å². The first kappa shape index (κ1) is 21.8. The Labute approximate surface area is 186 Å². The summed E-state index contributed by atoms with van der Waals surface area (Å²) in [5, 5.41) is 8.35. The van der Waals surface area contributed by atoms with Gasteiger partial charge in [0.25, 0.3) is 6.43 Å². The van der Waals surface area contributed by atoms with E-state index in [1.165, 1.54) is 30.6 Å². The minimum absolute atomic E-state index is 0.0553. The van der Waals surface area contributed by atoms with E-state index in [4.69, 9.17) is 11.1 Å². The minimum atomic E-state index is -2.72. The van der Waals surface area contributed by atoms with Gasteiger partial charge in [0, 0.05) is 41.6 Å². The number of halogens is 2. The highest BCUT2D eigenvalue weighted by Crippen LogP contribution is 2.27. The van der Waals surface area contributed by atoms with E-state index in [0.717, 1.165) is 5.56 Å². The van der Waals surface area contributed by atoms with E-state index in [2.05, 4.69) is 24.9 Å². The summed E-state index contributed by atoms with van der Waals surface area (Å²) in [5.74, 6) is -0.151. The number of alkyl halides is 2. The molecule has 0 spiro atoms. The molecule has 166 valence electrons. The Balaban J connectivity index is 1.88. The minimum Gasteiger partial charge on any atom is -0.369 e. The van der Waals surface area contributed by atoms with E-state index in [1.54, 1.807) is 6.07 Å². The average molecular weight is 447 g/mol. The lowest BCUT2D eigenvalue weighted by atomic mass is 10.0. The molecule has 0 aliphatic heterocycles. The Morgan fingerprint density at radius 1 is 1.09 bits per heavy atom. The Morgan fingerprint density at radius 2 is 1.88 bits per heavy atom. The van der Waals surface area contributed by atoms with Crippen LogP contribution >= 0.6 is 0 Å². The lowest BCUT2D eigenvalue weighted by Crippen LogP contribution is -2.20. The number of hydrogen-bond acceptors (Lipinski definition) is 5. The molecule has 0 bridgehead atoms. The molecule has 5 N–H and O–H groups in total. The van der Waals surface area contributed by atoms with Crippen molar-refractivity contribution < 1.29 is 8.78 Å². The van der Waals surface area contributed by atoms with Crippen molar-refractivity contribution in [1.82, 2.24) is 19.9 Å². The molecular formula is C23H19F2N7O. The van der Waals surface area contributed by atoms with Crippen molar-refractivity contribution in [1.29, 1.82) is 5.41 Å². The third kappa shape index (κ3) is 4.90. The molecule has 0 atom stereocenters. The smallest absolute Gasteiger partial charge is 0.265 e. The fourth-order valence-electron chi connectivity index (χ4n) is 3.36. The average Bonchev–Trinajstić information content (AvgIpc) is 2.80. The molecule has 1 aromatic carbocycles. The van der Waals surface area contributed by atoms with Crippen LogP contribution in [-0.4, -0.2) is 25.8 Å². The van der Waals surface area contributed by atoms with Crippen molar-refractivity contribution in [3.63, 3.8) is 0 Å². The second-order valence-corrected chi connectivity index (χ2v) is 7.08. The largest absolute Gasteiger partial charge is 0.369 e. The van der Waals surface area contributed by atoms with Gasteiger partial charge in [-0.3, -0.25) is 15.2 Å². The number of nitrogens with zero attached hydrogens (tertiary/aromatic N) is 3. The highest BCUT2D eigenvalue weighted by atomic mass is 19.3. The maximum Gasteiger partial charge on any atom is 0.265 e. The van der Waals surface area contributed by atoms with E-state index >= 15 is 0 Å². The van der Waals surface area contributed by atoms with Crippen molar-refractivity contribution >= 4 is 11.8 Å². The number of anilines is 1. The van der Waals surface area contributed by atoms with Gasteiger partial charge in [0.1, 0.15) is 11.3 Å². The lowest BCUT2D eigenvalue weighted by Gasteiger charge is -2.12. The first-order valence-electron chi connectivity index (χ1n) is 9.91. The standard InChI is InChI=1S/C23H19F2N7O/c24-21(25)15-7-4-10-28-16(15)11-17(26)30-22-19(14-8-9-18(33)29-12-14)20(31-23(27)32-22)13-5-2-1-3-6-13/h1-10,12,21H,11H2,(H,29,33)(H4,26,27,30,31,32). The van der Waals surface area contributed by atoms with Crippen molar-refractivity contribution in [2.45, 2.75) is 12.8 Å². The van der Waals surface area contributed by atoms with Crippen LogP contribution in [0.1, 0.15) is 17.7 Å². The number of aromatic amines is 2. The van der Waals surface area contributed by atoms with Crippen LogP contribution < -0.4 is 16.8 Å². The topological polar surface area (TPSA) is 137 Å². The Bertz CT molecular complexity index is 1410. The normalized spacial score (nSPS) is 11.7. The maximum absolute atomic E-state index is 13.3. The monoisotopic (exact) mass is 447 g/mol. The predicted molar refractivity (Wildman–Crippen MR) is 121 cm³/mol. The van der Waals surface area contributed by atoms with E-state index < -0.39 is 6.43 Å². The molecule has 0 aliphatic carbocycles. The molecule has 3 aromatic heterocycles. The second-order valence-electron chi connectivity index (χ2n) is 7.08. The molecule has 0 saturated carbocycles. The number of aromatic nitrogens is 4. The molecule has 0 amide bonds. The van der Waals surface area contributed by atoms with E-state index in [-0.39, 0.29) is 40.5 Å². The van der Waals surface area contributed by atoms with E-state index in [1.807, 2.05) is 30.3 Å². The number of nitrogens with two attached hydrogens (primary N) is 1. The van der Waals surface area contributed by atoms with E-state index in [0.29, 0.717) is 16.8 Å². The quantitative estimate of drug-likeness (QED) is 0.275. The predicted octanol–water partition coefficient (Wildman–Crippen LogP) is 3.47. The SMILES string of the molecule is N=C(Cc1ncccc1C(F)F)/N=c1\[nH]c(N)nc(-c2ccccc2)c1-c1ccc(=O)[nH]c1. The second kappa shape index (κ2) is 9.35. The molecule has 3 heterocycles. The number of nitrogens with one attached hydrogen (secondary N) is 3. The zero-order chi connectivity index (χ0) is 23.4. The first-order chi connectivity index (χ1) is 15.9. The zero-order valence-electron chi connectivity index (χ0n) is 17.2. The number of benzene rings is 1.